The van der Waals surface area contributed by atoms with Gasteiger partial charge in [0.2, 0.25) is 0 Å². The average Bonchev–Trinajstić information content (AvgIpc) is 1.98. The number of carboxylic acids is 1. The van der Waals surface area contributed by atoms with Crippen molar-refractivity contribution in [3.05, 3.63) is 0 Å². The number of thiol groups is 2. The van der Waals surface area contributed by atoms with Crippen molar-refractivity contribution < 1.29 is 9.90 Å². The lowest BCUT2D eigenvalue weighted by Gasteiger charge is -2.20. The molecule has 0 radical (unpaired) electrons. The molecule has 2 unspecified atom stereocenters. The molecule has 5 heteroatoms. The van der Waals surface area contributed by atoms with Gasteiger partial charge in [-0.3, -0.25) is 4.79 Å². The maximum Gasteiger partial charge on any atom is 0.321 e. The second-order valence-corrected chi connectivity index (χ2v) is 3.95. The summed E-state index contributed by atoms with van der Waals surface area (Å²) in [5.74, 6) is -0.578. The van der Waals surface area contributed by atoms with E-state index in [1.807, 2.05) is 13.8 Å². The van der Waals surface area contributed by atoms with Crippen LogP contribution in [0, 0.1) is 0 Å². The van der Waals surface area contributed by atoms with Gasteiger partial charge in [0.25, 0.3) is 0 Å². The first-order valence-corrected chi connectivity index (χ1v) is 4.91. The fourth-order valence-corrected chi connectivity index (χ4v) is 1.01. The number of rotatable bonds is 5. The quantitative estimate of drug-likeness (QED) is 0.503. The Hall–Kier alpha value is 0.130. The van der Waals surface area contributed by atoms with Crippen molar-refractivity contribution in [3.8, 4) is 0 Å². The first-order chi connectivity index (χ1) is 5.49. The molecule has 0 fully saturated rings. The molecule has 0 aliphatic rings. The number of hydrogen-bond donors (Lipinski definition) is 4. The van der Waals surface area contributed by atoms with E-state index in [4.69, 9.17) is 5.11 Å². The molecule has 3 atom stereocenters. The second kappa shape index (κ2) is 5.72. The molecule has 72 valence electrons. The Labute approximate surface area is 83.7 Å². The number of nitrogens with one attached hydrogen (secondary N) is 1. The molecular formula is C7H15NO2S2. The van der Waals surface area contributed by atoms with Crippen LogP contribution in [0.2, 0.25) is 0 Å². The molecule has 12 heavy (non-hydrogen) atoms. The lowest BCUT2D eigenvalue weighted by atomic mass is 10.2. The molecule has 0 aromatic heterocycles. The van der Waals surface area contributed by atoms with Crippen molar-refractivity contribution in [1.29, 1.82) is 0 Å². The minimum Gasteiger partial charge on any atom is -0.480 e. The van der Waals surface area contributed by atoms with Crippen molar-refractivity contribution in [2.75, 3.05) is 5.75 Å². The Kier molecular flexibility index (Phi) is 5.78. The van der Waals surface area contributed by atoms with Crippen LogP contribution in [0.15, 0.2) is 0 Å². The molecule has 0 aliphatic heterocycles. The average molecular weight is 209 g/mol. The molecule has 0 heterocycles. The van der Waals surface area contributed by atoms with Crippen molar-refractivity contribution in [1.82, 2.24) is 5.32 Å². The monoisotopic (exact) mass is 209 g/mol. The van der Waals surface area contributed by atoms with Gasteiger partial charge in [-0.2, -0.15) is 25.3 Å². The van der Waals surface area contributed by atoms with Gasteiger partial charge in [0.1, 0.15) is 6.04 Å². The van der Waals surface area contributed by atoms with Gasteiger partial charge in [0.15, 0.2) is 0 Å². The number of carbonyl (C=O) groups is 1. The molecule has 0 saturated heterocycles. The van der Waals surface area contributed by atoms with E-state index in [1.165, 1.54) is 0 Å². The van der Waals surface area contributed by atoms with E-state index in [-0.39, 0.29) is 11.3 Å². The van der Waals surface area contributed by atoms with E-state index in [9.17, 15) is 4.79 Å². The van der Waals surface area contributed by atoms with Crippen LogP contribution < -0.4 is 5.32 Å². The molecular weight excluding hydrogens is 194 g/mol. The summed E-state index contributed by atoms with van der Waals surface area (Å²) in [6, 6.07) is -0.514. The van der Waals surface area contributed by atoms with E-state index in [2.05, 4.69) is 30.6 Å². The van der Waals surface area contributed by atoms with Crippen LogP contribution in [0.1, 0.15) is 13.8 Å². The molecule has 0 bridgehead atoms. The Morgan fingerprint density at radius 1 is 1.58 bits per heavy atom. The number of carboxylic acid groups (broad SMARTS) is 1. The van der Waals surface area contributed by atoms with Crippen LogP contribution in [0.25, 0.3) is 0 Å². The van der Waals surface area contributed by atoms with E-state index in [0.29, 0.717) is 5.75 Å². The zero-order valence-corrected chi connectivity index (χ0v) is 8.98. The standard InChI is InChI=1S/C7H15NO2S2/c1-4(5(2)12)8-6(3-11)7(9)10/h4-6,8,11-12H,3H2,1-2H3,(H,9,10)/t4?,5?,6-/m0/s1. The third kappa shape index (κ3) is 4.23. The Bertz CT molecular complexity index is 152. The number of aliphatic carboxylic acids is 1. The SMILES string of the molecule is CC(S)C(C)N[C@@H](CS)C(=O)O. The minimum absolute atomic E-state index is 0.0709. The first-order valence-electron chi connectivity index (χ1n) is 3.76. The minimum atomic E-state index is -0.870. The lowest BCUT2D eigenvalue weighted by molar-refractivity contribution is -0.139. The summed E-state index contributed by atoms with van der Waals surface area (Å²) >= 11 is 8.12. The Balaban J connectivity index is 3.94. The van der Waals surface area contributed by atoms with Gasteiger partial charge in [-0.05, 0) is 6.92 Å². The highest BCUT2D eigenvalue weighted by molar-refractivity contribution is 7.81. The van der Waals surface area contributed by atoms with Gasteiger partial charge in [-0.1, -0.05) is 6.92 Å². The molecule has 2 N–H and O–H groups in total. The van der Waals surface area contributed by atoms with E-state index >= 15 is 0 Å². The highest BCUT2D eigenvalue weighted by Gasteiger charge is 2.19. The summed E-state index contributed by atoms with van der Waals surface area (Å²) in [5.41, 5.74) is 0. The maximum absolute atomic E-state index is 10.6. The van der Waals surface area contributed by atoms with E-state index < -0.39 is 12.0 Å². The van der Waals surface area contributed by atoms with Gasteiger partial charge in [0.05, 0.1) is 0 Å². The third-order valence-corrected chi connectivity index (χ3v) is 2.48. The number of hydrogen-bond acceptors (Lipinski definition) is 4. The van der Waals surface area contributed by atoms with Crippen LogP contribution in [0.5, 0.6) is 0 Å². The normalized spacial score (nSPS) is 18.3. The summed E-state index contributed by atoms with van der Waals surface area (Å²) in [4.78, 5) is 10.6. The fraction of sp³-hybridized carbons (Fsp3) is 0.857. The Morgan fingerprint density at radius 3 is 2.33 bits per heavy atom. The predicted octanol–water partition coefficient (Wildman–Crippen LogP) is 0.666. The molecule has 0 aromatic rings. The fourth-order valence-electron chi connectivity index (χ4n) is 0.659. The molecule has 3 nitrogen and oxygen atoms in total. The van der Waals surface area contributed by atoms with E-state index in [1.54, 1.807) is 0 Å². The summed E-state index contributed by atoms with van der Waals surface area (Å²) in [6.07, 6.45) is 0. The largest absolute Gasteiger partial charge is 0.480 e. The van der Waals surface area contributed by atoms with Crippen LogP contribution in [0.3, 0.4) is 0 Å². The zero-order valence-electron chi connectivity index (χ0n) is 7.19. The van der Waals surface area contributed by atoms with Crippen molar-refractivity contribution in [3.63, 3.8) is 0 Å². The molecule has 0 aromatic carbocycles. The highest BCUT2D eigenvalue weighted by Crippen LogP contribution is 2.01. The van der Waals surface area contributed by atoms with Crippen molar-refractivity contribution >= 4 is 31.2 Å². The molecule has 0 aliphatic carbocycles. The summed E-state index contributed by atoms with van der Waals surface area (Å²) in [5, 5.41) is 11.7. The van der Waals surface area contributed by atoms with Gasteiger partial charge in [0, 0.05) is 17.0 Å². The second-order valence-electron chi connectivity index (χ2n) is 2.77. The highest BCUT2D eigenvalue weighted by atomic mass is 32.1. The third-order valence-electron chi connectivity index (χ3n) is 1.67. The molecule has 0 spiro atoms. The Morgan fingerprint density at radius 2 is 2.08 bits per heavy atom. The van der Waals surface area contributed by atoms with Crippen LogP contribution in [-0.4, -0.2) is 34.2 Å². The van der Waals surface area contributed by atoms with Gasteiger partial charge in [-0.25, -0.2) is 0 Å². The van der Waals surface area contributed by atoms with Crippen molar-refractivity contribution in [2.45, 2.75) is 31.2 Å². The summed E-state index contributed by atoms with van der Waals surface area (Å²) in [6.45, 7) is 3.81. The lowest BCUT2D eigenvalue weighted by Crippen LogP contribution is -2.46. The smallest absolute Gasteiger partial charge is 0.321 e. The van der Waals surface area contributed by atoms with Crippen molar-refractivity contribution in [2.24, 2.45) is 0 Å². The zero-order chi connectivity index (χ0) is 9.72. The first kappa shape index (κ1) is 12.1. The summed E-state index contributed by atoms with van der Waals surface area (Å²) in [7, 11) is 0. The molecule has 0 saturated carbocycles. The topological polar surface area (TPSA) is 49.3 Å². The van der Waals surface area contributed by atoms with Gasteiger partial charge < -0.3 is 10.4 Å². The van der Waals surface area contributed by atoms with Crippen LogP contribution in [0.4, 0.5) is 0 Å². The van der Waals surface area contributed by atoms with E-state index in [0.717, 1.165) is 0 Å². The predicted molar refractivity (Wildman–Crippen MR) is 56.3 cm³/mol. The van der Waals surface area contributed by atoms with Crippen LogP contribution in [-0.2, 0) is 4.79 Å². The van der Waals surface area contributed by atoms with Crippen LogP contribution >= 0.6 is 25.3 Å². The molecule has 0 rings (SSSR count). The molecule has 0 amide bonds. The maximum atomic E-state index is 10.6. The van der Waals surface area contributed by atoms with Gasteiger partial charge in [-0.15, -0.1) is 0 Å². The van der Waals surface area contributed by atoms with Gasteiger partial charge >= 0.3 is 5.97 Å². The summed E-state index contributed by atoms with van der Waals surface area (Å²) < 4.78 is 0.